The Kier molecular flexibility index (Phi) is 1.64. The van der Waals surface area contributed by atoms with Crippen molar-refractivity contribution in [3.8, 4) is 0 Å². The zero-order valence-corrected chi connectivity index (χ0v) is 8.82. The van der Waals surface area contributed by atoms with Crippen LogP contribution in [0.1, 0.15) is 12.8 Å². The summed E-state index contributed by atoms with van der Waals surface area (Å²) in [5.74, 6) is 1.51. The van der Waals surface area contributed by atoms with Crippen molar-refractivity contribution < 1.29 is 14.7 Å². The van der Waals surface area contributed by atoms with Crippen molar-refractivity contribution in [1.29, 1.82) is 0 Å². The maximum absolute atomic E-state index is 10.5. The first-order valence-electron chi connectivity index (χ1n) is 5.72. The van der Waals surface area contributed by atoms with Crippen LogP contribution in [0.25, 0.3) is 0 Å². The highest BCUT2D eigenvalue weighted by Gasteiger charge is 2.61. The van der Waals surface area contributed by atoms with Gasteiger partial charge in [0, 0.05) is 17.8 Å². The summed E-state index contributed by atoms with van der Waals surface area (Å²) in [6.45, 7) is 3.41. The Morgan fingerprint density at radius 1 is 1.21 bits per heavy atom. The second kappa shape index (κ2) is 2.52. The number of nitrogens with zero attached hydrogens (tertiary/aromatic N) is 1. The molecule has 3 unspecified atom stereocenters. The minimum absolute atomic E-state index is 0.0327. The summed E-state index contributed by atoms with van der Waals surface area (Å²) in [7, 11) is 2.31. The van der Waals surface area contributed by atoms with E-state index < -0.39 is 5.60 Å². The van der Waals surface area contributed by atoms with Crippen LogP contribution in [0.4, 0.5) is 0 Å². The molecule has 1 saturated carbocycles. The fourth-order valence-corrected chi connectivity index (χ4v) is 4.43. The largest absolute Gasteiger partial charge is 0.393 e. The molecule has 3 aliphatic heterocycles. The zero-order valence-electron chi connectivity index (χ0n) is 8.82. The third-order valence-corrected chi connectivity index (χ3v) is 4.92. The Balaban J connectivity index is 1.96. The fourth-order valence-electron chi connectivity index (χ4n) is 4.43. The third-order valence-electron chi connectivity index (χ3n) is 4.92. The number of hydrogen-bond acceptors (Lipinski definition) is 2. The van der Waals surface area contributed by atoms with E-state index in [-0.39, 0.29) is 6.61 Å². The van der Waals surface area contributed by atoms with Crippen molar-refractivity contribution in [2.75, 3.05) is 33.3 Å². The van der Waals surface area contributed by atoms with Gasteiger partial charge in [0.2, 0.25) is 0 Å². The molecule has 0 spiro atoms. The Labute approximate surface area is 84.9 Å². The van der Waals surface area contributed by atoms with Crippen LogP contribution in [-0.4, -0.2) is 53.6 Å². The molecular formula is C11H20NO2+. The number of aliphatic hydroxyl groups excluding tert-OH is 1. The van der Waals surface area contributed by atoms with Crippen LogP contribution in [0.3, 0.4) is 0 Å². The lowest BCUT2D eigenvalue weighted by molar-refractivity contribution is -0.940. The van der Waals surface area contributed by atoms with Crippen molar-refractivity contribution in [3.05, 3.63) is 0 Å². The van der Waals surface area contributed by atoms with Gasteiger partial charge in [0.15, 0.2) is 0 Å². The summed E-state index contributed by atoms with van der Waals surface area (Å²) in [5.41, 5.74) is -0.741. The molecule has 4 aliphatic rings. The summed E-state index contributed by atoms with van der Waals surface area (Å²) in [6, 6.07) is 0. The smallest absolute Gasteiger partial charge is 0.104 e. The predicted molar refractivity (Wildman–Crippen MR) is 52.5 cm³/mol. The van der Waals surface area contributed by atoms with E-state index in [1.807, 2.05) is 0 Å². The summed E-state index contributed by atoms with van der Waals surface area (Å²) < 4.78 is 1.14. The molecule has 0 aromatic carbocycles. The van der Waals surface area contributed by atoms with E-state index in [1.165, 1.54) is 6.54 Å². The molecule has 0 amide bonds. The molecule has 80 valence electrons. The molecule has 4 rings (SSSR count). The maximum Gasteiger partial charge on any atom is 0.104 e. The summed E-state index contributed by atoms with van der Waals surface area (Å²) >= 11 is 0. The van der Waals surface area contributed by atoms with Crippen LogP contribution < -0.4 is 0 Å². The normalized spacial score (nSPS) is 60.6. The van der Waals surface area contributed by atoms with Gasteiger partial charge in [-0.05, 0) is 12.8 Å². The summed E-state index contributed by atoms with van der Waals surface area (Å²) in [6.07, 6.45) is 2.28. The van der Waals surface area contributed by atoms with Crippen LogP contribution in [0.2, 0.25) is 0 Å². The molecule has 4 bridgehead atoms. The minimum Gasteiger partial charge on any atom is -0.393 e. The molecule has 5 atom stereocenters. The molecule has 3 heteroatoms. The maximum atomic E-state index is 10.5. The van der Waals surface area contributed by atoms with E-state index in [4.69, 9.17) is 0 Å². The molecule has 0 aromatic heterocycles. The standard InChI is InChI=1S/C11H20NO2/c1-12-4-8-2-9(5-12)11(14,7-13)10(3-8)6-12/h8-10,13-14H,2-7H2,1H3/q+1/t8?,9-,10+,11?,12?. The van der Waals surface area contributed by atoms with Gasteiger partial charge < -0.3 is 14.7 Å². The van der Waals surface area contributed by atoms with E-state index in [1.54, 1.807) is 0 Å². The molecule has 2 N–H and O–H groups in total. The molecule has 1 aliphatic carbocycles. The number of quaternary nitrogens is 1. The third kappa shape index (κ3) is 0.980. The van der Waals surface area contributed by atoms with Gasteiger partial charge in [-0.1, -0.05) is 0 Å². The first kappa shape index (κ1) is 9.13. The highest BCUT2D eigenvalue weighted by atomic mass is 16.3. The molecule has 3 heterocycles. The predicted octanol–water partition coefficient (Wildman–Crippen LogP) is -0.174. The van der Waals surface area contributed by atoms with Crippen molar-refractivity contribution in [3.63, 3.8) is 0 Å². The van der Waals surface area contributed by atoms with E-state index in [2.05, 4.69) is 7.05 Å². The Morgan fingerprint density at radius 2 is 1.79 bits per heavy atom. The Bertz CT molecular complexity index is 250. The van der Waals surface area contributed by atoms with E-state index in [0.717, 1.165) is 36.3 Å². The second-order valence-corrected chi connectivity index (χ2v) is 6.05. The molecule has 14 heavy (non-hydrogen) atoms. The van der Waals surface area contributed by atoms with Gasteiger partial charge in [0.25, 0.3) is 0 Å². The second-order valence-electron chi connectivity index (χ2n) is 6.05. The topological polar surface area (TPSA) is 40.5 Å². The lowest BCUT2D eigenvalue weighted by atomic mass is 9.58. The van der Waals surface area contributed by atoms with Crippen LogP contribution in [0.5, 0.6) is 0 Å². The molecule has 3 saturated heterocycles. The molecule has 0 radical (unpaired) electrons. The monoisotopic (exact) mass is 198 g/mol. The van der Waals surface area contributed by atoms with E-state index in [9.17, 15) is 10.2 Å². The van der Waals surface area contributed by atoms with Gasteiger partial charge in [-0.3, -0.25) is 0 Å². The van der Waals surface area contributed by atoms with Gasteiger partial charge in [-0.25, -0.2) is 0 Å². The lowest BCUT2D eigenvalue weighted by Crippen LogP contribution is -2.73. The average molecular weight is 198 g/mol. The van der Waals surface area contributed by atoms with Crippen LogP contribution in [0, 0.1) is 17.8 Å². The first-order valence-corrected chi connectivity index (χ1v) is 5.72. The van der Waals surface area contributed by atoms with Gasteiger partial charge >= 0.3 is 0 Å². The van der Waals surface area contributed by atoms with Crippen molar-refractivity contribution in [2.45, 2.75) is 18.4 Å². The van der Waals surface area contributed by atoms with Gasteiger partial charge in [0.1, 0.15) is 5.60 Å². The summed E-state index contributed by atoms with van der Waals surface area (Å²) in [5, 5.41) is 19.8. The number of aliphatic hydroxyl groups is 2. The van der Waals surface area contributed by atoms with Gasteiger partial charge in [-0.15, -0.1) is 0 Å². The lowest BCUT2D eigenvalue weighted by Gasteiger charge is -2.62. The summed E-state index contributed by atoms with van der Waals surface area (Å²) in [4.78, 5) is 0. The van der Waals surface area contributed by atoms with Crippen molar-refractivity contribution in [2.24, 2.45) is 17.8 Å². The van der Waals surface area contributed by atoms with Gasteiger partial charge in [-0.2, -0.15) is 0 Å². The quantitative estimate of drug-likeness (QED) is 0.574. The fraction of sp³-hybridized carbons (Fsp3) is 1.00. The molecule has 3 nitrogen and oxygen atoms in total. The van der Waals surface area contributed by atoms with Crippen molar-refractivity contribution >= 4 is 0 Å². The Hall–Kier alpha value is -0.120. The average Bonchev–Trinajstić information content (AvgIpc) is 2.11. The van der Waals surface area contributed by atoms with Gasteiger partial charge in [0.05, 0.1) is 33.3 Å². The number of piperidine rings is 3. The number of hydrogen-bond donors (Lipinski definition) is 2. The molecule has 0 aromatic rings. The first-order chi connectivity index (χ1) is 6.56. The van der Waals surface area contributed by atoms with Crippen LogP contribution in [0.15, 0.2) is 0 Å². The van der Waals surface area contributed by atoms with Crippen molar-refractivity contribution in [1.82, 2.24) is 0 Å². The Morgan fingerprint density at radius 3 is 2.21 bits per heavy atom. The zero-order chi connectivity index (χ0) is 9.97. The highest BCUT2D eigenvalue weighted by molar-refractivity contribution is 5.03. The van der Waals surface area contributed by atoms with E-state index in [0.29, 0.717) is 11.8 Å². The molecular weight excluding hydrogens is 178 g/mol. The number of rotatable bonds is 1. The van der Waals surface area contributed by atoms with Crippen LogP contribution in [-0.2, 0) is 0 Å². The highest BCUT2D eigenvalue weighted by Crippen LogP contribution is 2.51. The minimum atomic E-state index is -0.741. The van der Waals surface area contributed by atoms with E-state index >= 15 is 0 Å². The molecule has 4 fully saturated rings. The van der Waals surface area contributed by atoms with Crippen LogP contribution >= 0.6 is 0 Å². The SMILES string of the molecule is C[N+]12CC3C[C@H](C1)C(O)(CO)[C@@H](C3)C2.